The van der Waals surface area contributed by atoms with Crippen molar-refractivity contribution in [3.8, 4) is 0 Å². The maximum absolute atomic E-state index is 11.3. The van der Waals surface area contributed by atoms with Crippen LogP contribution in [0.4, 0.5) is 5.13 Å². The minimum atomic E-state index is -0.348. The van der Waals surface area contributed by atoms with Crippen LogP contribution in [0.3, 0.4) is 0 Å². The van der Waals surface area contributed by atoms with Crippen molar-refractivity contribution in [3.63, 3.8) is 0 Å². The first-order valence-corrected chi connectivity index (χ1v) is 6.74. The van der Waals surface area contributed by atoms with E-state index in [0.717, 1.165) is 5.13 Å². The average Bonchev–Trinajstić information content (AvgIpc) is 2.98. The maximum atomic E-state index is 11.3. The third kappa shape index (κ3) is 2.83. The third-order valence-corrected chi connectivity index (χ3v) is 4.17. The van der Waals surface area contributed by atoms with Gasteiger partial charge in [-0.25, -0.2) is 9.78 Å². The molecule has 2 aromatic rings. The molecule has 0 radical (unpaired) electrons. The van der Waals surface area contributed by atoms with Crippen molar-refractivity contribution >= 4 is 33.8 Å². The number of nitrogens with zero attached hydrogens (tertiary/aromatic N) is 1. The van der Waals surface area contributed by atoms with E-state index in [1.807, 2.05) is 11.4 Å². The molecular formula is C11H12N2O2S2. The Morgan fingerprint density at radius 1 is 1.59 bits per heavy atom. The van der Waals surface area contributed by atoms with Crippen molar-refractivity contribution in [2.24, 2.45) is 0 Å². The van der Waals surface area contributed by atoms with Crippen LogP contribution in [0.5, 0.6) is 0 Å². The predicted octanol–water partition coefficient (Wildman–Crippen LogP) is 3.16. The smallest absolute Gasteiger partial charge is 0.349 e. The van der Waals surface area contributed by atoms with Crippen LogP contribution in [-0.2, 0) is 4.74 Å². The lowest BCUT2D eigenvalue weighted by Gasteiger charge is -2.09. The fourth-order valence-corrected chi connectivity index (χ4v) is 2.89. The fraction of sp³-hybridized carbons (Fsp3) is 0.273. The summed E-state index contributed by atoms with van der Waals surface area (Å²) in [6, 6.07) is 4.27. The molecule has 0 spiro atoms. The number of carbonyl (C=O) groups is 1. The molecule has 1 unspecified atom stereocenters. The summed E-state index contributed by atoms with van der Waals surface area (Å²) >= 11 is 2.99. The Labute approximate surface area is 107 Å². The van der Waals surface area contributed by atoms with E-state index in [1.165, 1.54) is 29.5 Å². The van der Waals surface area contributed by atoms with E-state index in [-0.39, 0.29) is 12.0 Å². The van der Waals surface area contributed by atoms with E-state index < -0.39 is 0 Å². The molecule has 0 aliphatic heterocycles. The Morgan fingerprint density at radius 3 is 3.06 bits per heavy atom. The zero-order chi connectivity index (χ0) is 12.3. The first-order valence-electron chi connectivity index (χ1n) is 5.05. The molecule has 2 heterocycles. The molecule has 90 valence electrons. The Kier molecular flexibility index (Phi) is 3.75. The average molecular weight is 268 g/mol. The second kappa shape index (κ2) is 5.29. The van der Waals surface area contributed by atoms with Gasteiger partial charge in [0.15, 0.2) is 5.13 Å². The molecule has 1 atom stereocenters. The SMILES string of the molecule is COC(=O)c1cnc(NC(C)c2cccs2)s1. The summed E-state index contributed by atoms with van der Waals surface area (Å²) in [5, 5.41) is 6.02. The Hall–Kier alpha value is -1.40. The number of aromatic nitrogens is 1. The molecule has 0 bridgehead atoms. The Balaban J connectivity index is 2.04. The summed E-state index contributed by atoms with van der Waals surface area (Å²) in [6.45, 7) is 2.06. The van der Waals surface area contributed by atoms with E-state index in [4.69, 9.17) is 0 Å². The summed E-state index contributed by atoms with van der Waals surface area (Å²) in [7, 11) is 1.36. The summed E-state index contributed by atoms with van der Waals surface area (Å²) in [6.07, 6.45) is 1.53. The largest absolute Gasteiger partial charge is 0.465 e. The fourth-order valence-electron chi connectivity index (χ4n) is 1.33. The number of methoxy groups -OCH3 is 1. The van der Waals surface area contributed by atoms with Crippen LogP contribution in [0, 0.1) is 0 Å². The molecule has 0 aliphatic carbocycles. The summed E-state index contributed by atoms with van der Waals surface area (Å²) in [5.41, 5.74) is 0. The van der Waals surface area contributed by atoms with Crippen molar-refractivity contribution in [1.82, 2.24) is 4.98 Å². The highest BCUT2D eigenvalue weighted by Crippen LogP contribution is 2.26. The summed E-state index contributed by atoms with van der Waals surface area (Å²) < 4.78 is 4.63. The number of rotatable bonds is 4. The van der Waals surface area contributed by atoms with Gasteiger partial charge in [-0.1, -0.05) is 17.4 Å². The number of carbonyl (C=O) groups excluding carboxylic acids is 1. The van der Waals surface area contributed by atoms with Crippen LogP contribution in [-0.4, -0.2) is 18.1 Å². The second-order valence-electron chi connectivity index (χ2n) is 3.40. The number of hydrogen-bond acceptors (Lipinski definition) is 6. The van der Waals surface area contributed by atoms with E-state index in [9.17, 15) is 4.79 Å². The molecular weight excluding hydrogens is 256 g/mol. The van der Waals surface area contributed by atoms with Crippen LogP contribution in [0.2, 0.25) is 0 Å². The number of thiazole rings is 1. The second-order valence-corrected chi connectivity index (χ2v) is 5.41. The minimum absolute atomic E-state index is 0.187. The van der Waals surface area contributed by atoms with Gasteiger partial charge in [-0.3, -0.25) is 0 Å². The number of ether oxygens (including phenoxy) is 1. The van der Waals surface area contributed by atoms with E-state index in [2.05, 4.69) is 28.0 Å². The lowest BCUT2D eigenvalue weighted by Crippen LogP contribution is -2.03. The number of thiophene rings is 1. The standard InChI is InChI=1S/C11H12N2O2S2/c1-7(8-4-3-5-16-8)13-11-12-6-9(17-11)10(14)15-2/h3-7H,1-2H3,(H,12,13). The van der Waals surface area contributed by atoms with Crippen LogP contribution in [0.1, 0.15) is 27.5 Å². The molecule has 0 amide bonds. The van der Waals surface area contributed by atoms with Gasteiger partial charge in [0.25, 0.3) is 0 Å². The molecule has 2 rings (SSSR count). The number of nitrogens with one attached hydrogen (secondary N) is 1. The molecule has 17 heavy (non-hydrogen) atoms. The van der Waals surface area contributed by atoms with E-state index >= 15 is 0 Å². The minimum Gasteiger partial charge on any atom is -0.465 e. The number of hydrogen-bond donors (Lipinski definition) is 1. The molecule has 0 fully saturated rings. The number of esters is 1. The maximum Gasteiger partial charge on any atom is 0.349 e. The van der Waals surface area contributed by atoms with E-state index in [0.29, 0.717) is 4.88 Å². The van der Waals surface area contributed by atoms with E-state index in [1.54, 1.807) is 11.3 Å². The Morgan fingerprint density at radius 2 is 2.41 bits per heavy atom. The van der Waals surface area contributed by atoms with Gasteiger partial charge in [0.2, 0.25) is 0 Å². The van der Waals surface area contributed by atoms with Gasteiger partial charge in [-0.05, 0) is 18.4 Å². The zero-order valence-electron chi connectivity index (χ0n) is 9.47. The van der Waals surface area contributed by atoms with Crippen molar-refractivity contribution < 1.29 is 9.53 Å². The highest BCUT2D eigenvalue weighted by molar-refractivity contribution is 7.17. The first-order chi connectivity index (χ1) is 8.20. The van der Waals surface area contributed by atoms with Crippen LogP contribution in [0.15, 0.2) is 23.7 Å². The van der Waals surface area contributed by atoms with Crippen LogP contribution in [0.25, 0.3) is 0 Å². The molecule has 2 aromatic heterocycles. The molecule has 0 aromatic carbocycles. The quantitative estimate of drug-likeness (QED) is 0.865. The summed E-state index contributed by atoms with van der Waals surface area (Å²) in [4.78, 5) is 17.2. The Bertz CT molecular complexity index is 493. The topological polar surface area (TPSA) is 51.2 Å². The lowest BCUT2D eigenvalue weighted by atomic mass is 10.3. The van der Waals surface area contributed by atoms with Gasteiger partial charge in [0.05, 0.1) is 19.3 Å². The first kappa shape index (κ1) is 12.1. The van der Waals surface area contributed by atoms with Gasteiger partial charge in [-0.2, -0.15) is 0 Å². The van der Waals surface area contributed by atoms with Gasteiger partial charge in [0, 0.05) is 4.88 Å². The zero-order valence-corrected chi connectivity index (χ0v) is 11.1. The van der Waals surface area contributed by atoms with Crippen molar-refractivity contribution in [2.45, 2.75) is 13.0 Å². The van der Waals surface area contributed by atoms with Crippen LogP contribution >= 0.6 is 22.7 Å². The highest BCUT2D eigenvalue weighted by Gasteiger charge is 2.13. The van der Waals surface area contributed by atoms with Gasteiger partial charge >= 0.3 is 5.97 Å². The highest BCUT2D eigenvalue weighted by atomic mass is 32.1. The third-order valence-electron chi connectivity index (χ3n) is 2.20. The number of anilines is 1. The van der Waals surface area contributed by atoms with Crippen molar-refractivity contribution in [3.05, 3.63) is 33.5 Å². The molecule has 0 saturated heterocycles. The molecule has 6 heteroatoms. The van der Waals surface area contributed by atoms with Crippen molar-refractivity contribution in [2.75, 3.05) is 12.4 Å². The lowest BCUT2D eigenvalue weighted by molar-refractivity contribution is 0.0606. The summed E-state index contributed by atoms with van der Waals surface area (Å²) in [5.74, 6) is -0.348. The molecule has 4 nitrogen and oxygen atoms in total. The normalized spacial score (nSPS) is 12.1. The molecule has 0 aliphatic rings. The van der Waals surface area contributed by atoms with Gasteiger partial charge in [-0.15, -0.1) is 11.3 Å². The monoisotopic (exact) mass is 268 g/mol. The van der Waals surface area contributed by atoms with Crippen LogP contribution < -0.4 is 5.32 Å². The van der Waals surface area contributed by atoms with Gasteiger partial charge in [0.1, 0.15) is 4.88 Å². The predicted molar refractivity (Wildman–Crippen MR) is 69.8 cm³/mol. The molecule has 1 N–H and O–H groups in total. The molecule has 0 saturated carbocycles. The van der Waals surface area contributed by atoms with Crippen molar-refractivity contribution in [1.29, 1.82) is 0 Å². The van der Waals surface area contributed by atoms with Gasteiger partial charge < -0.3 is 10.1 Å².